The van der Waals surface area contributed by atoms with E-state index in [9.17, 15) is 4.79 Å². The Labute approximate surface area is 153 Å². The Morgan fingerprint density at radius 2 is 1.77 bits per heavy atom. The van der Waals surface area contributed by atoms with Crippen molar-refractivity contribution in [2.45, 2.75) is 19.4 Å². The first-order valence-electron chi connectivity index (χ1n) is 8.73. The van der Waals surface area contributed by atoms with Crippen molar-refractivity contribution in [2.75, 3.05) is 11.9 Å². The smallest absolute Gasteiger partial charge is 0.269 e. The van der Waals surface area contributed by atoms with Gasteiger partial charge >= 0.3 is 0 Å². The SMILES string of the molecule is O=C(NCCCc1ccccc1)c1cc(NCc2ccccn2)ccn1. The van der Waals surface area contributed by atoms with Gasteiger partial charge in [0.15, 0.2) is 0 Å². The Kier molecular flexibility index (Phi) is 6.31. The van der Waals surface area contributed by atoms with Crippen molar-refractivity contribution in [1.29, 1.82) is 0 Å². The van der Waals surface area contributed by atoms with Crippen molar-refractivity contribution in [3.63, 3.8) is 0 Å². The zero-order valence-corrected chi connectivity index (χ0v) is 14.6. The van der Waals surface area contributed by atoms with Gasteiger partial charge in [0.05, 0.1) is 12.2 Å². The lowest BCUT2D eigenvalue weighted by molar-refractivity contribution is 0.0948. The normalized spacial score (nSPS) is 10.3. The number of pyridine rings is 2. The van der Waals surface area contributed by atoms with Crippen LogP contribution in [0.3, 0.4) is 0 Å². The van der Waals surface area contributed by atoms with Gasteiger partial charge in [0.1, 0.15) is 5.69 Å². The van der Waals surface area contributed by atoms with Crippen molar-refractivity contribution >= 4 is 11.6 Å². The number of aryl methyl sites for hydroxylation is 1. The topological polar surface area (TPSA) is 66.9 Å². The molecule has 0 saturated carbocycles. The molecule has 5 heteroatoms. The number of amides is 1. The Morgan fingerprint density at radius 3 is 2.58 bits per heavy atom. The predicted molar refractivity (Wildman–Crippen MR) is 103 cm³/mol. The van der Waals surface area contributed by atoms with E-state index in [0.717, 1.165) is 24.2 Å². The van der Waals surface area contributed by atoms with Crippen molar-refractivity contribution in [3.05, 3.63) is 90.0 Å². The second-order valence-electron chi connectivity index (χ2n) is 5.95. The highest BCUT2D eigenvalue weighted by molar-refractivity contribution is 5.93. The molecule has 2 N–H and O–H groups in total. The van der Waals surface area contributed by atoms with Gasteiger partial charge in [-0.05, 0) is 42.7 Å². The number of aromatic nitrogens is 2. The molecule has 3 rings (SSSR count). The van der Waals surface area contributed by atoms with E-state index in [1.807, 2.05) is 42.5 Å². The summed E-state index contributed by atoms with van der Waals surface area (Å²) in [6, 6.07) is 19.6. The van der Waals surface area contributed by atoms with Crippen molar-refractivity contribution < 1.29 is 4.79 Å². The van der Waals surface area contributed by atoms with Gasteiger partial charge in [-0.1, -0.05) is 36.4 Å². The minimum Gasteiger partial charge on any atom is -0.379 e. The molecule has 132 valence electrons. The second kappa shape index (κ2) is 9.32. The molecule has 1 amide bonds. The zero-order chi connectivity index (χ0) is 18.0. The summed E-state index contributed by atoms with van der Waals surface area (Å²) in [5.41, 5.74) is 3.48. The minimum atomic E-state index is -0.153. The number of rotatable bonds is 8. The molecule has 0 atom stereocenters. The average molecular weight is 346 g/mol. The Balaban J connectivity index is 1.46. The number of anilines is 1. The summed E-state index contributed by atoms with van der Waals surface area (Å²) >= 11 is 0. The minimum absolute atomic E-state index is 0.153. The van der Waals surface area contributed by atoms with Crippen LogP contribution in [0.4, 0.5) is 5.69 Å². The summed E-state index contributed by atoms with van der Waals surface area (Å²) in [5.74, 6) is -0.153. The number of carbonyl (C=O) groups excluding carboxylic acids is 1. The molecule has 0 spiro atoms. The highest BCUT2D eigenvalue weighted by atomic mass is 16.1. The fourth-order valence-corrected chi connectivity index (χ4v) is 2.59. The van der Waals surface area contributed by atoms with E-state index in [1.165, 1.54) is 5.56 Å². The van der Waals surface area contributed by atoms with Crippen LogP contribution in [-0.2, 0) is 13.0 Å². The summed E-state index contributed by atoms with van der Waals surface area (Å²) in [4.78, 5) is 20.7. The molecule has 1 aromatic carbocycles. The number of hydrogen-bond acceptors (Lipinski definition) is 4. The van der Waals surface area contributed by atoms with E-state index in [-0.39, 0.29) is 5.91 Å². The van der Waals surface area contributed by atoms with E-state index >= 15 is 0 Å². The Morgan fingerprint density at radius 1 is 0.923 bits per heavy atom. The van der Waals surface area contributed by atoms with Crippen LogP contribution in [0.25, 0.3) is 0 Å². The molecule has 26 heavy (non-hydrogen) atoms. The highest BCUT2D eigenvalue weighted by Crippen LogP contribution is 2.09. The van der Waals surface area contributed by atoms with E-state index in [2.05, 4.69) is 32.7 Å². The van der Waals surface area contributed by atoms with Gasteiger partial charge in [-0.2, -0.15) is 0 Å². The largest absolute Gasteiger partial charge is 0.379 e. The zero-order valence-electron chi connectivity index (χ0n) is 14.6. The van der Waals surface area contributed by atoms with E-state index in [1.54, 1.807) is 18.5 Å². The van der Waals surface area contributed by atoms with Crippen LogP contribution in [0.2, 0.25) is 0 Å². The highest BCUT2D eigenvalue weighted by Gasteiger charge is 2.07. The summed E-state index contributed by atoms with van der Waals surface area (Å²) in [5, 5.41) is 6.19. The Hall–Kier alpha value is -3.21. The van der Waals surface area contributed by atoms with Gasteiger partial charge in [0, 0.05) is 24.6 Å². The summed E-state index contributed by atoms with van der Waals surface area (Å²) in [6.45, 7) is 1.23. The van der Waals surface area contributed by atoms with E-state index in [0.29, 0.717) is 18.8 Å². The van der Waals surface area contributed by atoms with Gasteiger partial charge < -0.3 is 10.6 Å². The molecular formula is C21H22N4O. The maximum Gasteiger partial charge on any atom is 0.269 e. The van der Waals surface area contributed by atoms with Crippen molar-refractivity contribution in [1.82, 2.24) is 15.3 Å². The predicted octanol–water partition coefficient (Wildman–Crippen LogP) is 3.45. The Bertz CT molecular complexity index is 822. The van der Waals surface area contributed by atoms with Crippen LogP contribution in [0.5, 0.6) is 0 Å². The summed E-state index contributed by atoms with van der Waals surface area (Å²) in [7, 11) is 0. The summed E-state index contributed by atoms with van der Waals surface area (Å²) in [6.07, 6.45) is 5.24. The van der Waals surface area contributed by atoms with Crippen molar-refractivity contribution in [2.24, 2.45) is 0 Å². The monoisotopic (exact) mass is 346 g/mol. The standard InChI is InChI=1S/C21H22N4O/c26-21(24-13-6-9-17-7-2-1-3-8-17)20-15-18(11-14-23-20)25-16-19-10-4-5-12-22-19/h1-5,7-8,10-12,14-15H,6,9,13,16H2,(H,23,25)(H,24,26). The van der Waals surface area contributed by atoms with Gasteiger partial charge in [-0.25, -0.2) is 0 Å². The second-order valence-corrected chi connectivity index (χ2v) is 5.95. The molecule has 0 aliphatic rings. The fourth-order valence-electron chi connectivity index (χ4n) is 2.59. The molecule has 0 bridgehead atoms. The lowest BCUT2D eigenvalue weighted by atomic mass is 10.1. The number of nitrogens with zero attached hydrogens (tertiary/aromatic N) is 2. The van der Waals surface area contributed by atoms with Crippen LogP contribution < -0.4 is 10.6 Å². The molecule has 0 saturated heterocycles. The maximum atomic E-state index is 12.3. The number of hydrogen-bond donors (Lipinski definition) is 2. The first-order valence-corrected chi connectivity index (χ1v) is 8.73. The molecular weight excluding hydrogens is 324 g/mol. The number of nitrogens with one attached hydrogen (secondary N) is 2. The van der Waals surface area contributed by atoms with Gasteiger partial charge in [0.25, 0.3) is 5.91 Å². The molecule has 2 heterocycles. The van der Waals surface area contributed by atoms with Crippen LogP contribution in [-0.4, -0.2) is 22.4 Å². The van der Waals surface area contributed by atoms with Crippen LogP contribution >= 0.6 is 0 Å². The lowest BCUT2D eigenvalue weighted by Crippen LogP contribution is -2.25. The molecule has 2 aromatic heterocycles. The van der Waals surface area contributed by atoms with Gasteiger partial charge in [-0.3, -0.25) is 14.8 Å². The fraction of sp³-hybridized carbons (Fsp3) is 0.190. The third kappa shape index (κ3) is 5.41. The van der Waals surface area contributed by atoms with Crippen LogP contribution in [0, 0.1) is 0 Å². The molecule has 0 aliphatic carbocycles. The maximum absolute atomic E-state index is 12.3. The quantitative estimate of drug-likeness (QED) is 0.613. The number of benzene rings is 1. The first-order chi connectivity index (χ1) is 12.8. The average Bonchev–Trinajstić information content (AvgIpc) is 2.71. The first kappa shape index (κ1) is 17.6. The van der Waals surface area contributed by atoms with Crippen LogP contribution in [0.1, 0.15) is 28.2 Å². The number of carbonyl (C=O) groups is 1. The van der Waals surface area contributed by atoms with E-state index in [4.69, 9.17) is 0 Å². The summed E-state index contributed by atoms with van der Waals surface area (Å²) < 4.78 is 0. The third-order valence-corrected chi connectivity index (χ3v) is 3.96. The molecule has 0 unspecified atom stereocenters. The third-order valence-electron chi connectivity index (χ3n) is 3.96. The van der Waals surface area contributed by atoms with E-state index < -0.39 is 0 Å². The van der Waals surface area contributed by atoms with Crippen molar-refractivity contribution in [3.8, 4) is 0 Å². The molecule has 5 nitrogen and oxygen atoms in total. The molecule has 3 aromatic rings. The molecule has 0 aliphatic heterocycles. The molecule has 0 fully saturated rings. The lowest BCUT2D eigenvalue weighted by Gasteiger charge is -2.08. The van der Waals surface area contributed by atoms with Gasteiger partial charge in [0.2, 0.25) is 0 Å². The van der Waals surface area contributed by atoms with Gasteiger partial charge in [-0.15, -0.1) is 0 Å². The van der Waals surface area contributed by atoms with Crippen LogP contribution in [0.15, 0.2) is 73.1 Å². The molecule has 0 radical (unpaired) electrons.